The molecule has 1 aliphatic heterocycles. The summed E-state index contributed by atoms with van der Waals surface area (Å²) >= 11 is 0. The van der Waals surface area contributed by atoms with E-state index in [0.29, 0.717) is 28.2 Å². The summed E-state index contributed by atoms with van der Waals surface area (Å²) in [4.78, 5) is 27.8. The number of hydrogen-bond donors (Lipinski definition) is 0. The Labute approximate surface area is 192 Å². The van der Waals surface area contributed by atoms with Crippen LogP contribution >= 0.6 is 0 Å². The van der Waals surface area contributed by atoms with Crippen LogP contribution in [0.1, 0.15) is 34.0 Å². The van der Waals surface area contributed by atoms with Crippen molar-refractivity contribution in [2.75, 3.05) is 7.11 Å². The van der Waals surface area contributed by atoms with E-state index < -0.39 is 6.10 Å². The molecule has 0 radical (unpaired) electrons. The van der Waals surface area contributed by atoms with Crippen molar-refractivity contribution in [3.63, 3.8) is 0 Å². The highest BCUT2D eigenvalue weighted by molar-refractivity contribution is 6.33. The van der Waals surface area contributed by atoms with Gasteiger partial charge in [0.05, 0.1) is 13.7 Å². The number of imide groups is 1. The zero-order valence-electron chi connectivity index (χ0n) is 18.3. The second kappa shape index (κ2) is 9.41. The Hall–Kier alpha value is -4.37. The predicted molar refractivity (Wildman–Crippen MR) is 124 cm³/mol. The molecule has 0 spiro atoms. The van der Waals surface area contributed by atoms with Gasteiger partial charge in [-0.05, 0) is 60.0 Å². The van der Waals surface area contributed by atoms with Crippen molar-refractivity contribution in [2.24, 2.45) is 0 Å². The van der Waals surface area contributed by atoms with Crippen LogP contribution in [0.25, 0.3) is 11.6 Å². The molecule has 0 aromatic heterocycles. The van der Waals surface area contributed by atoms with Crippen molar-refractivity contribution in [1.29, 1.82) is 5.26 Å². The van der Waals surface area contributed by atoms with Gasteiger partial charge in [-0.15, -0.1) is 0 Å². The van der Waals surface area contributed by atoms with Gasteiger partial charge in [0.15, 0.2) is 6.10 Å². The molecular weight excluding hydrogens is 416 g/mol. The van der Waals surface area contributed by atoms with Crippen LogP contribution in [0.2, 0.25) is 0 Å². The summed E-state index contributed by atoms with van der Waals surface area (Å²) in [5, 5.41) is 8.91. The number of carbonyl (C=O) groups excluding carboxylic acids is 2. The molecule has 164 valence electrons. The number of ether oxygens (including phenoxy) is 2. The number of carbonyl (C=O) groups is 2. The smallest absolute Gasteiger partial charge is 0.261 e. The molecule has 6 heteroatoms. The van der Waals surface area contributed by atoms with E-state index in [9.17, 15) is 9.59 Å². The fraction of sp³-hybridized carbons (Fsp3) is 0.148. The largest absolute Gasteiger partial charge is 0.497 e. The Balaban J connectivity index is 1.68. The minimum atomic E-state index is -0.557. The number of nitriles is 1. The highest BCUT2D eigenvalue weighted by Gasteiger charge is 2.34. The normalized spacial score (nSPS) is 15.1. The summed E-state index contributed by atoms with van der Waals surface area (Å²) in [5.41, 5.74) is 3.14. The molecule has 0 saturated carbocycles. The van der Waals surface area contributed by atoms with Crippen molar-refractivity contribution in [1.82, 2.24) is 4.90 Å². The molecule has 1 heterocycles. The van der Waals surface area contributed by atoms with Gasteiger partial charge in [-0.25, -0.2) is 0 Å². The average molecular weight is 438 g/mol. The van der Waals surface area contributed by atoms with Crippen molar-refractivity contribution in [3.8, 4) is 17.6 Å². The molecule has 3 aromatic carbocycles. The average Bonchev–Trinajstić information content (AvgIpc) is 2.85. The lowest BCUT2D eigenvalue weighted by atomic mass is 9.91. The third kappa shape index (κ3) is 4.63. The maximum atomic E-state index is 13.4. The van der Waals surface area contributed by atoms with Gasteiger partial charge in [-0.2, -0.15) is 5.26 Å². The van der Waals surface area contributed by atoms with Crippen LogP contribution in [-0.2, 0) is 11.3 Å². The van der Waals surface area contributed by atoms with Crippen molar-refractivity contribution in [2.45, 2.75) is 19.6 Å². The van der Waals surface area contributed by atoms with E-state index in [1.54, 1.807) is 62.6 Å². The molecule has 1 aliphatic rings. The number of nitrogens with zero attached hydrogens (tertiary/aromatic N) is 2. The van der Waals surface area contributed by atoms with E-state index in [-0.39, 0.29) is 18.4 Å². The van der Waals surface area contributed by atoms with Gasteiger partial charge in [-0.1, -0.05) is 42.5 Å². The molecule has 0 aliphatic carbocycles. The van der Waals surface area contributed by atoms with Gasteiger partial charge in [-0.3, -0.25) is 14.5 Å². The third-order valence-corrected chi connectivity index (χ3v) is 5.35. The third-order valence-electron chi connectivity index (χ3n) is 5.35. The summed E-state index contributed by atoms with van der Waals surface area (Å²) in [7, 11) is 1.59. The van der Waals surface area contributed by atoms with Gasteiger partial charge >= 0.3 is 0 Å². The summed E-state index contributed by atoms with van der Waals surface area (Å²) in [6, 6.07) is 23.5. The monoisotopic (exact) mass is 438 g/mol. The van der Waals surface area contributed by atoms with Crippen LogP contribution < -0.4 is 9.47 Å². The van der Waals surface area contributed by atoms with Gasteiger partial charge in [0.2, 0.25) is 0 Å². The topological polar surface area (TPSA) is 79.6 Å². The SMILES string of the molecule is COc1ccc(CN2C(=O)/C(=C/c3ccc(OC(C)C#N)cc3)c3ccccc3C2=O)cc1. The molecule has 0 bridgehead atoms. The molecule has 0 N–H and O–H groups in total. The van der Waals surface area contributed by atoms with Crippen LogP contribution in [-0.4, -0.2) is 29.9 Å². The quantitative estimate of drug-likeness (QED) is 0.411. The summed E-state index contributed by atoms with van der Waals surface area (Å²) in [6.07, 6.45) is 1.21. The predicted octanol–water partition coefficient (Wildman–Crippen LogP) is 4.71. The Bertz CT molecular complexity index is 1250. The number of rotatable bonds is 6. The van der Waals surface area contributed by atoms with E-state index in [1.807, 2.05) is 36.4 Å². The highest BCUT2D eigenvalue weighted by Crippen LogP contribution is 2.32. The fourth-order valence-electron chi connectivity index (χ4n) is 3.64. The van der Waals surface area contributed by atoms with E-state index in [1.165, 1.54) is 4.90 Å². The molecular formula is C27H22N2O4. The van der Waals surface area contributed by atoms with E-state index >= 15 is 0 Å². The lowest BCUT2D eigenvalue weighted by Crippen LogP contribution is -2.41. The van der Waals surface area contributed by atoms with Crippen molar-refractivity contribution in [3.05, 3.63) is 95.1 Å². The standard InChI is InChI=1S/C27H22N2O4/c1-18(16-28)33-22-13-7-19(8-14-22)15-25-23-5-3-4-6-24(23)26(30)29(27(25)31)17-20-9-11-21(32-2)12-10-20/h3-15,18H,17H2,1-2H3/b25-15+. The maximum Gasteiger partial charge on any atom is 0.261 e. The first kappa shape index (κ1) is 21.8. The fourth-order valence-corrected chi connectivity index (χ4v) is 3.64. The molecule has 1 atom stereocenters. The number of benzene rings is 3. The van der Waals surface area contributed by atoms with Crippen LogP contribution in [0.4, 0.5) is 0 Å². The Kier molecular flexibility index (Phi) is 6.23. The first-order valence-corrected chi connectivity index (χ1v) is 10.5. The van der Waals surface area contributed by atoms with Gasteiger partial charge < -0.3 is 9.47 Å². The lowest BCUT2D eigenvalue weighted by molar-refractivity contribution is -0.123. The minimum Gasteiger partial charge on any atom is -0.497 e. The highest BCUT2D eigenvalue weighted by atomic mass is 16.5. The molecule has 3 aromatic rings. The first-order chi connectivity index (χ1) is 16.0. The summed E-state index contributed by atoms with van der Waals surface area (Å²) in [5.74, 6) is 0.598. The number of fused-ring (bicyclic) bond motifs is 1. The van der Waals surface area contributed by atoms with E-state index in [0.717, 1.165) is 11.1 Å². The summed E-state index contributed by atoms with van der Waals surface area (Å²) in [6.45, 7) is 1.83. The minimum absolute atomic E-state index is 0.159. The van der Waals surface area contributed by atoms with Crippen LogP contribution in [0.5, 0.6) is 11.5 Å². The molecule has 1 unspecified atom stereocenters. The Morgan fingerprint density at radius 1 is 0.909 bits per heavy atom. The number of amides is 2. The number of hydrogen-bond acceptors (Lipinski definition) is 5. The molecule has 4 rings (SSSR count). The van der Waals surface area contributed by atoms with Crippen molar-refractivity contribution >= 4 is 23.5 Å². The summed E-state index contributed by atoms with van der Waals surface area (Å²) < 4.78 is 10.7. The molecule has 33 heavy (non-hydrogen) atoms. The van der Waals surface area contributed by atoms with Crippen LogP contribution in [0, 0.1) is 11.3 Å². The van der Waals surface area contributed by atoms with Crippen LogP contribution in [0.15, 0.2) is 72.8 Å². The second-order valence-electron chi connectivity index (χ2n) is 7.61. The molecule has 0 saturated heterocycles. The Morgan fingerprint density at radius 3 is 2.18 bits per heavy atom. The Morgan fingerprint density at radius 2 is 1.55 bits per heavy atom. The zero-order valence-corrected chi connectivity index (χ0v) is 18.3. The van der Waals surface area contributed by atoms with Crippen LogP contribution in [0.3, 0.4) is 0 Å². The number of methoxy groups -OCH3 is 1. The van der Waals surface area contributed by atoms with Crippen molar-refractivity contribution < 1.29 is 19.1 Å². The molecule has 6 nitrogen and oxygen atoms in total. The van der Waals surface area contributed by atoms with E-state index in [2.05, 4.69) is 0 Å². The van der Waals surface area contributed by atoms with Gasteiger partial charge in [0, 0.05) is 11.1 Å². The maximum absolute atomic E-state index is 13.4. The lowest BCUT2D eigenvalue weighted by Gasteiger charge is -2.29. The van der Waals surface area contributed by atoms with E-state index in [4.69, 9.17) is 14.7 Å². The molecule has 0 fully saturated rings. The van der Waals surface area contributed by atoms with Gasteiger partial charge in [0.1, 0.15) is 17.6 Å². The molecule has 2 amide bonds. The first-order valence-electron chi connectivity index (χ1n) is 10.5. The van der Waals surface area contributed by atoms with Gasteiger partial charge in [0.25, 0.3) is 11.8 Å². The zero-order chi connectivity index (χ0) is 23.4. The second-order valence-corrected chi connectivity index (χ2v) is 7.61.